The standard InChI is InChI=1S/6C10H10.2C6H9N.8C2H6.6Y/c2*1-4-10-6-8(2)5-9(3)7-10;2*1-4-10-6-5-8(2)7-9(10)3;2*1-4-10-7-8(2)5-6-9(10)3;2*1-6-3-4-7(2)5-6;8*1-2;;;;;;/h2*1,4-6H,2-3H3;2*1,4-5,7H,2-3H3;2*1,4-6H,2-3H3;2*3-5H,1-2H3;8*1-2H3;;;;;;/q6*-2;;;;;;;;;;;;;;;;. The molecule has 2 heterocycles. The van der Waals surface area contributed by atoms with Gasteiger partial charge >= 0.3 is 0 Å². The van der Waals surface area contributed by atoms with Crippen molar-refractivity contribution >= 4 is 36.5 Å². The predicted molar refractivity (Wildman–Crippen MR) is 412 cm³/mol. The Morgan fingerprint density at radius 3 is 0.698 bits per heavy atom. The molecular formula is C88H126N2Y6-12. The van der Waals surface area contributed by atoms with E-state index in [1.807, 2.05) is 278 Å². The van der Waals surface area contributed by atoms with E-state index in [2.05, 4.69) is 99.0 Å². The fourth-order valence-corrected chi connectivity index (χ4v) is 6.94. The summed E-state index contributed by atoms with van der Waals surface area (Å²) < 4.78 is 4.07. The van der Waals surface area contributed by atoms with Crippen molar-refractivity contribution in [3.8, 4) is 0 Å². The molecule has 0 bridgehead atoms. The minimum Gasteiger partial charge on any atom is -0.357 e. The van der Waals surface area contributed by atoms with Gasteiger partial charge in [0.15, 0.2) is 0 Å². The topological polar surface area (TPSA) is 9.86 Å². The first-order valence-corrected chi connectivity index (χ1v) is 32.4. The molecule has 0 N–H and O–H groups in total. The number of aryl methyl sites for hydroxylation is 16. The number of aromatic nitrogens is 2. The van der Waals surface area contributed by atoms with E-state index in [0.29, 0.717) is 0 Å². The summed E-state index contributed by atoms with van der Waals surface area (Å²) >= 11 is 0. The van der Waals surface area contributed by atoms with Crippen molar-refractivity contribution in [1.82, 2.24) is 9.13 Å². The molecule has 96 heavy (non-hydrogen) atoms. The van der Waals surface area contributed by atoms with Gasteiger partial charge < -0.3 is 118 Å². The molecular weight excluding hydrogens is 1620 g/mol. The fourth-order valence-electron chi connectivity index (χ4n) is 6.94. The summed E-state index contributed by atoms with van der Waals surface area (Å²) in [6, 6.07) is 47.2. The predicted octanol–water partition coefficient (Wildman–Crippen LogP) is 26.2. The monoisotopic (exact) mass is 1740 g/mol. The number of benzene rings is 6. The third kappa shape index (κ3) is 71.3. The van der Waals surface area contributed by atoms with Crippen LogP contribution in [0.3, 0.4) is 0 Å². The van der Waals surface area contributed by atoms with Crippen LogP contribution in [0.15, 0.2) is 110 Å². The zero-order valence-corrected chi connectivity index (χ0v) is 83.7. The van der Waals surface area contributed by atoms with E-state index in [1.165, 1.54) is 55.6 Å². The van der Waals surface area contributed by atoms with Gasteiger partial charge in [-0.15, -0.1) is 35.4 Å². The van der Waals surface area contributed by atoms with Crippen molar-refractivity contribution in [2.75, 3.05) is 0 Å². The summed E-state index contributed by atoms with van der Waals surface area (Å²) in [4.78, 5) is 0. The van der Waals surface area contributed by atoms with Crippen LogP contribution in [0.25, 0.3) is 36.5 Å². The zero-order valence-electron chi connectivity index (χ0n) is 66.7. The first kappa shape index (κ1) is 128. The maximum absolute atomic E-state index is 5.36. The van der Waals surface area contributed by atoms with Gasteiger partial charge in [0.25, 0.3) is 0 Å². The molecule has 518 valence electrons. The molecule has 0 unspecified atom stereocenters. The molecule has 0 saturated carbocycles. The van der Waals surface area contributed by atoms with Crippen LogP contribution in [0.4, 0.5) is 0 Å². The largest absolute Gasteiger partial charge is 0.357 e. The fraction of sp³-hybridized carbons (Fsp3) is 0.364. The molecule has 8 heteroatoms. The van der Waals surface area contributed by atoms with E-state index >= 15 is 0 Å². The first-order chi connectivity index (χ1) is 43.0. The molecule has 6 aromatic carbocycles. The quantitative estimate of drug-likeness (QED) is 0.147. The molecule has 0 aliphatic carbocycles. The van der Waals surface area contributed by atoms with Crippen LogP contribution < -0.4 is 0 Å². The van der Waals surface area contributed by atoms with Gasteiger partial charge in [-0.05, 0) is 37.1 Å². The second kappa shape index (κ2) is 90.0. The smallest absolute Gasteiger partial charge is 0.0106 e. The second-order valence-corrected chi connectivity index (χ2v) is 18.3. The molecule has 6 radical (unpaired) electrons. The van der Waals surface area contributed by atoms with Gasteiger partial charge in [-0.1, -0.05) is 194 Å². The minimum atomic E-state index is 0. The van der Waals surface area contributed by atoms with Crippen molar-refractivity contribution < 1.29 is 196 Å². The Bertz CT molecular complexity index is 2760. The van der Waals surface area contributed by atoms with Crippen LogP contribution in [0.5, 0.6) is 0 Å². The van der Waals surface area contributed by atoms with Gasteiger partial charge in [-0.2, -0.15) is 69.8 Å². The van der Waals surface area contributed by atoms with Crippen LogP contribution >= 0.6 is 0 Å². The van der Waals surface area contributed by atoms with Gasteiger partial charge in [-0.3, -0.25) is 0 Å². The van der Waals surface area contributed by atoms with Crippen LogP contribution in [-0.4, -0.2) is 9.13 Å². The summed E-state index contributed by atoms with van der Waals surface area (Å²) in [6.07, 6.45) is 17.7. The Hall–Kier alpha value is -1.06. The number of nitrogens with zero attached hydrogens (tertiary/aromatic N) is 2. The minimum absolute atomic E-state index is 0. The molecule has 2 aromatic heterocycles. The molecule has 0 atom stereocenters. The Balaban J connectivity index is -0.0000000642. The summed E-state index contributed by atoms with van der Waals surface area (Å²) in [5, 5.41) is 0. The van der Waals surface area contributed by atoms with Crippen LogP contribution in [-0.2, 0) is 210 Å². The van der Waals surface area contributed by atoms with Crippen molar-refractivity contribution in [1.29, 1.82) is 0 Å². The average Bonchev–Trinajstić information content (AvgIpc) is 2.24. The van der Waals surface area contributed by atoms with Crippen LogP contribution in [0.2, 0.25) is 0 Å². The maximum atomic E-state index is 5.36. The average molecular weight is 1750 g/mol. The molecule has 0 aliphatic heterocycles. The molecule has 0 saturated heterocycles. The van der Waals surface area contributed by atoms with Crippen molar-refractivity contribution in [3.05, 3.63) is 297 Å². The number of rotatable bonds is 6. The van der Waals surface area contributed by atoms with Gasteiger partial charge in [-0.25, -0.2) is 70.8 Å². The van der Waals surface area contributed by atoms with E-state index in [4.69, 9.17) is 39.5 Å². The number of hydrogen-bond acceptors (Lipinski definition) is 0. The molecule has 8 aromatic rings. The van der Waals surface area contributed by atoms with Crippen LogP contribution in [0, 0.1) is 173 Å². The molecule has 8 rings (SSSR count). The SMILES string of the molecule is CC.CC.CC.CC.CC.CC.CC.CC.Cc1ccn(C)c1.Cc1ccn(C)c1.[CH-]=Cc1[c-]c(C)cc(C)c1.[CH-]=Cc1[c-]c(C)cc(C)c1.[CH-]=Cc1[c-]c(C)ccc1C.[CH-]=Cc1[c-]c(C)ccc1C.[CH-]=Cc1[c-]cc(C)cc1C.[CH-]=Cc1[c-]cc(C)cc1C.[Y].[Y].[Y].[Y].[Y].[Y]. The molecule has 0 fully saturated rings. The van der Waals surface area contributed by atoms with Gasteiger partial charge in [0.1, 0.15) is 0 Å². The van der Waals surface area contributed by atoms with Gasteiger partial charge in [0.2, 0.25) is 0 Å². The molecule has 2 nitrogen and oxygen atoms in total. The molecule has 0 amide bonds. The maximum Gasteiger partial charge on any atom is 0.0106 e. The third-order valence-electron chi connectivity index (χ3n) is 10.7. The number of hydrogen-bond donors (Lipinski definition) is 0. The Morgan fingerprint density at radius 2 is 0.531 bits per heavy atom. The Kier molecular flexibility index (Phi) is 120. The first-order valence-electron chi connectivity index (χ1n) is 32.4. The second-order valence-electron chi connectivity index (χ2n) is 18.3. The Labute approximate surface area is 749 Å². The summed E-state index contributed by atoms with van der Waals surface area (Å²) in [6.45, 7) is 92.6. The van der Waals surface area contributed by atoms with E-state index in [-0.39, 0.29) is 196 Å². The van der Waals surface area contributed by atoms with E-state index in [9.17, 15) is 0 Å². The Morgan fingerprint density at radius 1 is 0.271 bits per heavy atom. The summed E-state index contributed by atoms with van der Waals surface area (Å²) in [5.41, 5.74) is 22.7. The van der Waals surface area contributed by atoms with Crippen molar-refractivity contribution in [3.63, 3.8) is 0 Å². The zero-order chi connectivity index (χ0) is 71.9. The molecule has 0 spiro atoms. The third-order valence-corrected chi connectivity index (χ3v) is 10.7. The van der Waals surface area contributed by atoms with E-state index < -0.39 is 0 Å². The summed E-state index contributed by atoms with van der Waals surface area (Å²) in [5.74, 6) is 0. The van der Waals surface area contributed by atoms with Gasteiger partial charge in [0, 0.05) is 235 Å². The summed E-state index contributed by atoms with van der Waals surface area (Å²) in [7, 11) is 4.04. The van der Waals surface area contributed by atoms with Gasteiger partial charge in [0.05, 0.1) is 0 Å². The van der Waals surface area contributed by atoms with Crippen LogP contribution in [0.1, 0.15) is 222 Å². The van der Waals surface area contributed by atoms with E-state index in [0.717, 1.165) is 55.6 Å². The van der Waals surface area contributed by atoms with Crippen molar-refractivity contribution in [2.45, 2.75) is 208 Å². The van der Waals surface area contributed by atoms with Crippen molar-refractivity contribution in [2.24, 2.45) is 14.1 Å². The molecule has 0 aliphatic rings. The van der Waals surface area contributed by atoms with E-state index in [1.54, 1.807) is 36.5 Å². The normalized spacial score (nSPS) is 7.75.